The van der Waals surface area contributed by atoms with Crippen molar-refractivity contribution in [2.45, 2.75) is 51.5 Å². The molecule has 1 aliphatic carbocycles. The van der Waals surface area contributed by atoms with E-state index in [1.807, 2.05) is 6.92 Å². The van der Waals surface area contributed by atoms with Gasteiger partial charge in [-0.05, 0) is 25.7 Å². The van der Waals surface area contributed by atoms with Crippen molar-refractivity contribution in [3.63, 3.8) is 0 Å². The number of nitrogens with one attached hydrogen (secondary N) is 1. The molecule has 1 amide bonds. The highest BCUT2D eigenvalue weighted by Crippen LogP contribution is 2.37. The first-order valence-corrected chi connectivity index (χ1v) is 6.01. The van der Waals surface area contributed by atoms with Crippen LogP contribution in [0.15, 0.2) is 0 Å². The molecule has 1 atom stereocenters. The lowest BCUT2D eigenvalue weighted by atomic mass is 9.86. The number of carbonyl (C=O) groups excluding carboxylic acids is 1. The fraction of sp³-hybridized carbons (Fsp3) is 0.833. The van der Waals surface area contributed by atoms with Gasteiger partial charge >= 0.3 is 0 Å². The summed E-state index contributed by atoms with van der Waals surface area (Å²) in [7, 11) is 0. The molecule has 0 bridgehead atoms. The quantitative estimate of drug-likeness (QED) is 0.740. The predicted molar refractivity (Wildman–Crippen MR) is 60.4 cm³/mol. The Morgan fingerprint density at radius 3 is 2.62 bits per heavy atom. The normalized spacial score (nSPS) is 20.1. The molecule has 0 aromatic heterocycles. The highest BCUT2D eigenvalue weighted by molar-refractivity contribution is 5.85. The first-order valence-electron chi connectivity index (χ1n) is 6.01. The molecule has 0 heterocycles. The molecule has 16 heavy (non-hydrogen) atoms. The molecule has 1 rings (SSSR count). The van der Waals surface area contributed by atoms with Crippen molar-refractivity contribution in [1.29, 1.82) is 5.26 Å². The van der Waals surface area contributed by atoms with Crippen molar-refractivity contribution in [3.8, 4) is 6.07 Å². The van der Waals surface area contributed by atoms with Crippen molar-refractivity contribution in [1.82, 2.24) is 5.32 Å². The van der Waals surface area contributed by atoms with Crippen LogP contribution >= 0.6 is 0 Å². The van der Waals surface area contributed by atoms with Gasteiger partial charge in [0.25, 0.3) is 0 Å². The molecule has 1 fully saturated rings. The number of carbonyl (C=O) groups is 1. The minimum Gasteiger partial charge on any atom is -0.396 e. The van der Waals surface area contributed by atoms with Gasteiger partial charge < -0.3 is 10.4 Å². The largest absolute Gasteiger partial charge is 0.396 e. The number of aliphatic hydroxyl groups is 1. The van der Waals surface area contributed by atoms with Gasteiger partial charge in [-0.15, -0.1) is 0 Å². The van der Waals surface area contributed by atoms with Crippen molar-refractivity contribution >= 4 is 5.91 Å². The average molecular weight is 224 g/mol. The van der Waals surface area contributed by atoms with Crippen LogP contribution < -0.4 is 5.32 Å². The number of nitrogens with zero attached hydrogens (tertiary/aromatic N) is 1. The van der Waals surface area contributed by atoms with Gasteiger partial charge in [-0.25, -0.2) is 0 Å². The summed E-state index contributed by atoms with van der Waals surface area (Å²) in [5, 5.41) is 20.9. The van der Waals surface area contributed by atoms with Gasteiger partial charge in [0.1, 0.15) is 5.41 Å². The van der Waals surface area contributed by atoms with Gasteiger partial charge in [0.2, 0.25) is 5.91 Å². The molecule has 0 aliphatic heterocycles. The summed E-state index contributed by atoms with van der Waals surface area (Å²) in [6, 6.07) is 2.16. The maximum absolute atomic E-state index is 12.0. The van der Waals surface area contributed by atoms with Crippen LogP contribution in [0.3, 0.4) is 0 Å². The summed E-state index contributed by atoms with van der Waals surface area (Å²) in [5.74, 6) is -0.146. The van der Waals surface area contributed by atoms with E-state index < -0.39 is 5.41 Å². The smallest absolute Gasteiger partial charge is 0.240 e. The number of hydrogen-bond acceptors (Lipinski definition) is 3. The summed E-state index contributed by atoms with van der Waals surface area (Å²) in [4.78, 5) is 12.0. The fourth-order valence-electron chi connectivity index (χ4n) is 2.23. The standard InChI is InChI=1S/C12H20N2O2/c1-2-10(5-8-15)14-11(16)12(9-13)6-3-4-7-12/h10,15H,2-8H2,1H3,(H,14,16). The molecule has 0 aromatic rings. The van der Waals surface area contributed by atoms with Crippen molar-refractivity contribution < 1.29 is 9.90 Å². The number of rotatable bonds is 5. The summed E-state index contributed by atoms with van der Waals surface area (Å²) < 4.78 is 0. The minimum atomic E-state index is -0.803. The van der Waals surface area contributed by atoms with Crippen molar-refractivity contribution in [2.75, 3.05) is 6.61 Å². The van der Waals surface area contributed by atoms with Gasteiger partial charge in [0.15, 0.2) is 0 Å². The number of hydrogen-bond donors (Lipinski definition) is 2. The first kappa shape index (κ1) is 13.0. The van der Waals surface area contributed by atoms with E-state index in [1.165, 1.54) is 0 Å². The van der Waals surface area contributed by atoms with Crippen LogP contribution in [-0.2, 0) is 4.79 Å². The SMILES string of the molecule is CCC(CCO)NC(=O)C1(C#N)CCCC1. The molecule has 1 saturated carbocycles. The molecule has 4 heteroatoms. The van der Waals surface area contributed by atoms with Crippen LogP contribution in [0.4, 0.5) is 0 Å². The van der Waals surface area contributed by atoms with E-state index in [9.17, 15) is 4.79 Å². The third-order valence-electron chi connectivity index (χ3n) is 3.41. The van der Waals surface area contributed by atoms with E-state index in [2.05, 4.69) is 11.4 Å². The van der Waals surface area contributed by atoms with E-state index in [1.54, 1.807) is 0 Å². The highest BCUT2D eigenvalue weighted by atomic mass is 16.3. The molecule has 1 aliphatic rings. The Morgan fingerprint density at radius 2 is 2.19 bits per heavy atom. The van der Waals surface area contributed by atoms with Crippen molar-refractivity contribution in [3.05, 3.63) is 0 Å². The van der Waals surface area contributed by atoms with E-state index in [-0.39, 0.29) is 18.6 Å². The third kappa shape index (κ3) is 2.73. The minimum absolute atomic E-state index is 0.0108. The number of aliphatic hydroxyl groups excluding tert-OH is 1. The van der Waals surface area contributed by atoms with E-state index in [0.717, 1.165) is 19.3 Å². The van der Waals surface area contributed by atoms with Gasteiger partial charge in [0, 0.05) is 12.6 Å². The van der Waals surface area contributed by atoms with Crippen LogP contribution in [0.5, 0.6) is 0 Å². The van der Waals surface area contributed by atoms with Crippen LogP contribution in [0, 0.1) is 16.7 Å². The summed E-state index contributed by atoms with van der Waals surface area (Å²) in [5.41, 5.74) is -0.803. The Bertz CT molecular complexity index is 277. The lowest BCUT2D eigenvalue weighted by molar-refractivity contribution is -0.128. The monoisotopic (exact) mass is 224 g/mol. The molecule has 90 valence electrons. The van der Waals surface area contributed by atoms with Gasteiger partial charge in [-0.1, -0.05) is 19.8 Å². The molecule has 0 aromatic carbocycles. The van der Waals surface area contributed by atoms with Gasteiger partial charge in [0.05, 0.1) is 6.07 Å². The van der Waals surface area contributed by atoms with Gasteiger partial charge in [-0.2, -0.15) is 5.26 Å². The molecular formula is C12H20N2O2. The summed E-state index contributed by atoms with van der Waals surface area (Å²) in [6.07, 6.45) is 4.60. The predicted octanol–water partition coefficient (Wildman–Crippen LogP) is 1.35. The molecular weight excluding hydrogens is 204 g/mol. The van der Waals surface area contributed by atoms with E-state index in [4.69, 9.17) is 10.4 Å². The summed E-state index contributed by atoms with van der Waals surface area (Å²) in [6.45, 7) is 2.03. The first-order chi connectivity index (χ1) is 7.68. The number of nitriles is 1. The molecule has 0 spiro atoms. The Kier molecular flexibility index (Phi) is 4.75. The zero-order chi connectivity index (χ0) is 12.0. The van der Waals surface area contributed by atoms with Crippen LogP contribution in [0.25, 0.3) is 0 Å². The Labute approximate surface area is 96.6 Å². The molecule has 4 nitrogen and oxygen atoms in total. The van der Waals surface area contributed by atoms with Crippen LogP contribution in [-0.4, -0.2) is 23.7 Å². The van der Waals surface area contributed by atoms with Gasteiger partial charge in [-0.3, -0.25) is 4.79 Å². The second-order valence-corrected chi connectivity index (χ2v) is 4.49. The Morgan fingerprint density at radius 1 is 1.56 bits per heavy atom. The zero-order valence-corrected chi connectivity index (χ0v) is 9.83. The maximum atomic E-state index is 12.0. The van der Waals surface area contributed by atoms with Crippen LogP contribution in [0.2, 0.25) is 0 Å². The molecule has 1 unspecified atom stereocenters. The third-order valence-corrected chi connectivity index (χ3v) is 3.41. The Balaban J connectivity index is 2.59. The maximum Gasteiger partial charge on any atom is 0.240 e. The molecule has 0 radical (unpaired) electrons. The molecule has 0 saturated heterocycles. The average Bonchev–Trinajstić information content (AvgIpc) is 2.78. The van der Waals surface area contributed by atoms with Crippen LogP contribution in [0.1, 0.15) is 45.4 Å². The van der Waals surface area contributed by atoms with Crippen molar-refractivity contribution in [2.24, 2.45) is 5.41 Å². The summed E-state index contributed by atoms with van der Waals surface area (Å²) >= 11 is 0. The topological polar surface area (TPSA) is 73.1 Å². The lowest BCUT2D eigenvalue weighted by Crippen LogP contribution is -2.44. The lowest BCUT2D eigenvalue weighted by Gasteiger charge is -2.23. The van der Waals surface area contributed by atoms with E-state index >= 15 is 0 Å². The van der Waals surface area contributed by atoms with E-state index in [0.29, 0.717) is 19.3 Å². The second kappa shape index (κ2) is 5.86. The second-order valence-electron chi connectivity index (χ2n) is 4.49. The number of amides is 1. The highest BCUT2D eigenvalue weighted by Gasteiger charge is 2.41. The fourth-order valence-corrected chi connectivity index (χ4v) is 2.23. The molecule has 2 N–H and O–H groups in total. The zero-order valence-electron chi connectivity index (χ0n) is 9.83. The Hall–Kier alpha value is -1.08.